The summed E-state index contributed by atoms with van der Waals surface area (Å²) in [4.78, 5) is 26.3. The van der Waals surface area contributed by atoms with Crippen molar-refractivity contribution in [1.82, 2.24) is 4.90 Å². The average molecular weight is 375 g/mol. The molecule has 0 saturated carbocycles. The SMILES string of the molecule is CCOC(=O)C1CCCCN1C(=O)c1cc(Cl)cc(Br)c1. The molecule has 1 fully saturated rings. The van der Waals surface area contributed by atoms with Crippen molar-refractivity contribution in [3.8, 4) is 0 Å². The molecule has 2 rings (SSSR count). The summed E-state index contributed by atoms with van der Waals surface area (Å²) in [7, 11) is 0. The summed E-state index contributed by atoms with van der Waals surface area (Å²) < 4.78 is 5.82. The highest BCUT2D eigenvalue weighted by Gasteiger charge is 2.33. The molecule has 21 heavy (non-hydrogen) atoms. The molecule has 1 unspecified atom stereocenters. The molecule has 0 bridgehead atoms. The van der Waals surface area contributed by atoms with Crippen molar-refractivity contribution in [1.29, 1.82) is 0 Å². The van der Waals surface area contributed by atoms with Gasteiger partial charge in [0, 0.05) is 21.6 Å². The Kier molecular flexibility index (Phi) is 5.65. The maximum atomic E-state index is 12.7. The van der Waals surface area contributed by atoms with Crippen LogP contribution in [0.2, 0.25) is 5.02 Å². The Morgan fingerprint density at radius 3 is 2.81 bits per heavy atom. The monoisotopic (exact) mass is 373 g/mol. The van der Waals surface area contributed by atoms with Gasteiger partial charge >= 0.3 is 5.97 Å². The number of benzene rings is 1. The highest BCUT2D eigenvalue weighted by molar-refractivity contribution is 9.10. The minimum Gasteiger partial charge on any atom is -0.464 e. The van der Waals surface area contributed by atoms with Gasteiger partial charge in [0.2, 0.25) is 0 Å². The Morgan fingerprint density at radius 2 is 2.14 bits per heavy atom. The summed E-state index contributed by atoms with van der Waals surface area (Å²) in [5.41, 5.74) is 0.477. The molecule has 1 aliphatic heterocycles. The lowest BCUT2D eigenvalue weighted by atomic mass is 10.0. The predicted octanol–water partition coefficient (Wildman–Crippen LogP) is 3.66. The van der Waals surface area contributed by atoms with E-state index in [9.17, 15) is 9.59 Å². The molecule has 114 valence electrons. The summed E-state index contributed by atoms with van der Waals surface area (Å²) in [6.45, 7) is 2.65. The fourth-order valence-corrected chi connectivity index (χ4v) is 3.36. The van der Waals surface area contributed by atoms with E-state index in [-0.39, 0.29) is 11.9 Å². The maximum Gasteiger partial charge on any atom is 0.328 e. The Hall–Kier alpha value is -1.07. The van der Waals surface area contributed by atoms with Gasteiger partial charge < -0.3 is 9.64 Å². The first-order valence-electron chi connectivity index (χ1n) is 6.96. The third-order valence-electron chi connectivity index (χ3n) is 3.43. The van der Waals surface area contributed by atoms with Crippen LogP contribution in [0.3, 0.4) is 0 Å². The number of esters is 1. The van der Waals surface area contributed by atoms with Gasteiger partial charge in [0.1, 0.15) is 6.04 Å². The molecule has 6 heteroatoms. The Bertz CT molecular complexity index is 529. The van der Waals surface area contributed by atoms with Crippen molar-refractivity contribution in [2.75, 3.05) is 13.2 Å². The lowest BCUT2D eigenvalue weighted by Crippen LogP contribution is -2.48. The smallest absolute Gasteiger partial charge is 0.328 e. The minimum atomic E-state index is -0.496. The number of hydrogen-bond donors (Lipinski definition) is 0. The minimum absolute atomic E-state index is 0.184. The van der Waals surface area contributed by atoms with Gasteiger partial charge in [0.25, 0.3) is 5.91 Å². The number of nitrogens with zero attached hydrogens (tertiary/aromatic N) is 1. The van der Waals surface area contributed by atoms with Crippen LogP contribution in [-0.4, -0.2) is 36.0 Å². The van der Waals surface area contributed by atoms with Crippen LogP contribution >= 0.6 is 27.5 Å². The van der Waals surface area contributed by atoms with Gasteiger partial charge in [-0.1, -0.05) is 27.5 Å². The number of ether oxygens (including phenoxy) is 1. The zero-order valence-corrected chi connectivity index (χ0v) is 14.1. The van der Waals surface area contributed by atoms with Crippen molar-refractivity contribution in [2.24, 2.45) is 0 Å². The van der Waals surface area contributed by atoms with Crippen LogP contribution in [-0.2, 0) is 9.53 Å². The third kappa shape index (κ3) is 3.98. The molecular weight excluding hydrogens is 358 g/mol. The van der Waals surface area contributed by atoms with Crippen LogP contribution in [0.1, 0.15) is 36.5 Å². The molecule has 1 atom stereocenters. The van der Waals surface area contributed by atoms with Gasteiger partial charge in [0.15, 0.2) is 0 Å². The first-order valence-corrected chi connectivity index (χ1v) is 8.13. The van der Waals surface area contributed by atoms with Gasteiger partial charge in [-0.05, 0) is 44.4 Å². The molecule has 1 saturated heterocycles. The van der Waals surface area contributed by atoms with Crippen molar-refractivity contribution in [3.05, 3.63) is 33.3 Å². The van der Waals surface area contributed by atoms with Crippen LogP contribution in [0.25, 0.3) is 0 Å². The quantitative estimate of drug-likeness (QED) is 0.759. The summed E-state index contributed by atoms with van der Waals surface area (Å²) >= 11 is 9.32. The van der Waals surface area contributed by atoms with E-state index in [2.05, 4.69) is 15.9 Å². The van der Waals surface area contributed by atoms with Crippen LogP contribution < -0.4 is 0 Å². The summed E-state index contributed by atoms with van der Waals surface area (Å²) in [5.74, 6) is -0.511. The Balaban J connectivity index is 2.24. The van der Waals surface area contributed by atoms with Crippen molar-refractivity contribution < 1.29 is 14.3 Å². The van der Waals surface area contributed by atoms with Gasteiger partial charge in [-0.25, -0.2) is 4.79 Å². The van der Waals surface area contributed by atoms with E-state index in [1.165, 1.54) is 0 Å². The highest BCUT2D eigenvalue weighted by atomic mass is 79.9. The molecule has 1 amide bonds. The van der Waals surface area contributed by atoms with Gasteiger partial charge in [-0.2, -0.15) is 0 Å². The lowest BCUT2D eigenvalue weighted by molar-refractivity contribution is -0.149. The number of carbonyl (C=O) groups excluding carboxylic acids is 2. The maximum absolute atomic E-state index is 12.7. The second kappa shape index (κ2) is 7.27. The van der Waals surface area contributed by atoms with Crippen molar-refractivity contribution >= 4 is 39.4 Å². The molecule has 4 nitrogen and oxygen atoms in total. The number of likely N-dealkylation sites (tertiary alicyclic amines) is 1. The Morgan fingerprint density at radius 1 is 1.38 bits per heavy atom. The lowest BCUT2D eigenvalue weighted by Gasteiger charge is -2.34. The second-order valence-electron chi connectivity index (χ2n) is 4.92. The zero-order valence-electron chi connectivity index (χ0n) is 11.8. The standard InChI is InChI=1S/C15H17BrClNO3/c1-2-21-15(20)13-5-3-4-6-18(13)14(19)10-7-11(16)9-12(17)8-10/h7-9,13H,2-6H2,1H3. The van der Waals surface area contributed by atoms with Gasteiger partial charge in [-0.3, -0.25) is 4.79 Å². The van der Waals surface area contributed by atoms with Crippen LogP contribution in [0.4, 0.5) is 0 Å². The third-order valence-corrected chi connectivity index (χ3v) is 4.11. The predicted molar refractivity (Wildman–Crippen MR) is 84.5 cm³/mol. The summed E-state index contributed by atoms with van der Waals surface area (Å²) in [5, 5.41) is 0.484. The first-order chi connectivity index (χ1) is 10.0. The van der Waals surface area contributed by atoms with Gasteiger partial charge in [0.05, 0.1) is 6.61 Å². The average Bonchev–Trinajstić information content (AvgIpc) is 2.45. The highest BCUT2D eigenvalue weighted by Crippen LogP contribution is 2.24. The molecular formula is C15H17BrClNO3. The Labute approximate surface area is 137 Å². The van der Waals surface area contributed by atoms with Crippen molar-refractivity contribution in [3.63, 3.8) is 0 Å². The van der Waals surface area contributed by atoms with Crippen LogP contribution in [0.5, 0.6) is 0 Å². The van der Waals surface area contributed by atoms with Crippen LogP contribution in [0.15, 0.2) is 22.7 Å². The number of amides is 1. The molecule has 1 aromatic carbocycles. The van der Waals surface area contributed by atoms with E-state index in [4.69, 9.17) is 16.3 Å². The molecule has 0 radical (unpaired) electrons. The van der Waals surface area contributed by atoms with E-state index >= 15 is 0 Å². The number of carbonyl (C=O) groups is 2. The molecule has 1 heterocycles. The summed E-state index contributed by atoms with van der Waals surface area (Å²) in [6.07, 6.45) is 2.46. The number of rotatable bonds is 3. The van der Waals surface area contributed by atoms with E-state index in [0.717, 1.165) is 17.3 Å². The molecule has 0 aliphatic carbocycles. The second-order valence-corrected chi connectivity index (χ2v) is 6.27. The normalized spacial score (nSPS) is 18.4. The zero-order chi connectivity index (χ0) is 15.4. The number of halogens is 2. The number of hydrogen-bond acceptors (Lipinski definition) is 3. The number of piperidine rings is 1. The van der Waals surface area contributed by atoms with Crippen LogP contribution in [0, 0.1) is 0 Å². The van der Waals surface area contributed by atoms with E-state index in [1.54, 1.807) is 30.0 Å². The molecule has 1 aliphatic rings. The molecule has 0 N–H and O–H groups in total. The van der Waals surface area contributed by atoms with E-state index in [1.807, 2.05) is 0 Å². The fourth-order valence-electron chi connectivity index (χ4n) is 2.50. The largest absolute Gasteiger partial charge is 0.464 e. The molecule has 0 spiro atoms. The topological polar surface area (TPSA) is 46.6 Å². The first kappa shape index (κ1) is 16.3. The van der Waals surface area contributed by atoms with Crippen molar-refractivity contribution in [2.45, 2.75) is 32.2 Å². The fraction of sp³-hybridized carbons (Fsp3) is 0.467. The molecule has 0 aromatic heterocycles. The van der Waals surface area contributed by atoms with E-state index in [0.29, 0.717) is 30.2 Å². The molecule has 1 aromatic rings. The summed E-state index contributed by atoms with van der Waals surface area (Å²) in [6, 6.07) is 4.55. The van der Waals surface area contributed by atoms with Gasteiger partial charge in [-0.15, -0.1) is 0 Å². The van der Waals surface area contributed by atoms with E-state index < -0.39 is 6.04 Å².